The van der Waals surface area contributed by atoms with Crippen LogP contribution in [0.1, 0.15) is 28.3 Å². The van der Waals surface area contributed by atoms with Crippen LogP contribution in [0.5, 0.6) is 23.0 Å². The van der Waals surface area contributed by atoms with Gasteiger partial charge < -0.3 is 29.2 Å². The van der Waals surface area contributed by atoms with Gasteiger partial charge in [-0.15, -0.1) is 0 Å². The van der Waals surface area contributed by atoms with Crippen LogP contribution in [0.3, 0.4) is 0 Å². The van der Waals surface area contributed by atoms with Crippen molar-refractivity contribution in [3.8, 4) is 23.0 Å². The lowest BCUT2D eigenvalue weighted by Gasteiger charge is -2.32. The van der Waals surface area contributed by atoms with E-state index in [1.54, 1.807) is 45.5 Å². The average Bonchev–Trinajstić information content (AvgIpc) is 3.04. The summed E-state index contributed by atoms with van der Waals surface area (Å²) in [6, 6.07) is 28.8. The first-order chi connectivity index (χ1) is 20.5. The molecule has 0 fully saturated rings. The molecule has 0 aliphatic rings. The normalized spacial score (nSPS) is 11.2. The number of carbonyl (C=O) groups is 2. The largest absolute Gasteiger partial charge is 0.497 e. The van der Waals surface area contributed by atoms with Gasteiger partial charge in [0.15, 0.2) is 11.5 Å². The van der Waals surface area contributed by atoms with E-state index in [1.807, 2.05) is 84.9 Å². The molecule has 1 N–H and O–H groups in total. The van der Waals surface area contributed by atoms with E-state index in [4.69, 9.17) is 18.9 Å². The molecule has 1 atom stereocenters. The van der Waals surface area contributed by atoms with Gasteiger partial charge in [0.25, 0.3) is 0 Å². The van der Waals surface area contributed by atoms with Crippen molar-refractivity contribution in [2.45, 2.75) is 25.6 Å². The van der Waals surface area contributed by atoms with Gasteiger partial charge in [-0.1, -0.05) is 66.7 Å². The predicted octanol–water partition coefficient (Wildman–Crippen LogP) is 5.35. The van der Waals surface area contributed by atoms with E-state index in [2.05, 4.69) is 5.32 Å². The molecule has 8 nitrogen and oxygen atoms in total. The molecule has 0 saturated carbocycles. The Hall–Kier alpha value is -4.98. The summed E-state index contributed by atoms with van der Waals surface area (Å²) in [5.74, 6) is 1.95. The van der Waals surface area contributed by atoms with Crippen LogP contribution in [0.4, 0.5) is 0 Å². The number of nitrogens with zero attached hydrogens (tertiary/aromatic N) is 1. The van der Waals surface area contributed by atoms with Gasteiger partial charge in [-0.05, 0) is 47.0 Å². The topological polar surface area (TPSA) is 86.3 Å². The highest BCUT2D eigenvalue weighted by Gasteiger charge is 2.32. The number of methoxy groups -OCH3 is 4. The summed E-state index contributed by atoms with van der Waals surface area (Å²) in [7, 11) is 6.31. The SMILES string of the molecule is COc1ccc(CN(C(=O)Cc2ccc(OC)c(OC)c2)C(C(=O)NCc2ccccc2OC)c2ccccc2)cc1. The first-order valence-electron chi connectivity index (χ1n) is 13.5. The quantitative estimate of drug-likeness (QED) is 0.234. The fourth-order valence-electron chi connectivity index (χ4n) is 4.75. The second-order valence-electron chi connectivity index (χ2n) is 9.58. The molecule has 0 spiro atoms. The second-order valence-corrected chi connectivity index (χ2v) is 9.58. The maximum Gasteiger partial charge on any atom is 0.247 e. The minimum Gasteiger partial charge on any atom is -0.497 e. The van der Waals surface area contributed by atoms with Gasteiger partial charge in [0.1, 0.15) is 17.5 Å². The number of carbonyl (C=O) groups excluding carboxylic acids is 2. The van der Waals surface area contributed by atoms with E-state index in [9.17, 15) is 9.59 Å². The highest BCUT2D eigenvalue weighted by atomic mass is 16.5. The third-order valence-corrected chi connectivity index (χ3v) is 6.96. The Morgan fingerprint density at radius 2 is 1.33 bits per heavy atom. The van der Waals surface area contributed by atoms with E-state index in [-0.39, 0.29) is 31.3 Å². The lowest BCUT2D eigenvalue weighted by Crippen LogP contribution is -2.43. The van der Waals surface area contributed by atoms with Gasteiger partial charge >= 0.3 is 0 Å². The highest BCUT2D eigenvalue weighted by Crippen LogP contribution is 2.30. The predicted molar refractivity (Wildman–Crippen MR) is 161 cm³/mol. The standard InChI is InChI=1S/C34H36N2O6/c1-39-28-17-14-24(15-18-28)23-36(32(37)21-25-16-19-30(41-3)31(20-25)42-4)33(26-10-6-5-7-11-26)34(38)35-22-27-12-8-9-13-29(27)40-2/h5-20,33H,21-23H2,1-4H3,(H,35,38). The molecule has 0 saturated heterocycles. The minimum absolute atomic E-state index is 0.0552. The highest BCUT2D eigenvalue weighted by molar-refractivity contribution is 5.89. The van der Waals surface area contributed by atoms with E-state index in [1.165, 1.54) is 0 Å². The van der Waals surface area contributed by atoms with Crippen molar-refractivity contribution in [3.05, 3.63) is 119 Å². The van der Waals surface area contributed by atoms with Gasteiger partial charge in [-0.3, -0.25) is 9.59 Å². The van der Waals surface area contributed by atoms with Crippen LogP contribution in [0, 0.1) is 0 Å². The number of ether oxygens (including phenoxy) is 4. The van der Waals surface area contributed by atoms with Crippen LogP contribution in [0.15, 0.2) is 97.1 Å². The third kappa shape index (κ3) is 7.40. The van der Waals surface area contributed by atoms with Crippen molar-refractivity contribution >= 4 is 11.8 Å². The van der Waals surface area contributed by atoms with Crippen LogP contribution in [0.25, 0.3) is 0 Å². The molecular formula is C34H36N2O6. The lowest BCUT2D eigenvalue weighted by atomic mass is 10.0. The Labute approximate surface area is 246 Å². The van der Waals surface area contributed by atoms with Crippen molar-refractivity contribution in [3.63, 3.8) is 0 Å². The number of rotatable bonds is 13. The van der Waals surface area contributed by atoms with Crippen molar-refractivity contribution in [1.82, 2.24) is 10.2 Å². The number of benzene rings is 4. The van der Waals surface area contributed by atoms with Crippen molar-refractivity contribution in [2.75, 3.05) is 28.4 Å². The van der Waals surface area contributed by atoms with E-state index in [0.717, 1.165) is 16.7 Å². The molecule has 2 amide bonds. The third-order valence-electron chi connectivity index (χ3n) is 6.96. The maximum absolute atomic E-state index is 14.1. The first-order valence-corrected chi connectivity index (χ1v) is 13.5. The average molecular weight is 569 g/mol. The number of nitrogens with one attached hydrogen (secondary N) is 1. The van der Waals surface area contributed by atoms with Gasteiger partial charge in [-0.2, -0.15) is 0 Å². The van der Waals surface area contributed by atoms with Crippen molar-refractivity contribution in [1.29, 1.82) is 0 Å². The molecule has 0 aliphatic heterocycles. The first kappa shape index (κ1) is 30.0. The summed E-state index contributed by atoms with van der Waals surface area (Å²) in [6.07, 6.45) is 0.0552. The Kier molecular flexibility index (Phi) is 10.4. The van der Waals surface area contributed by atoms with Crippen molar-refractivity contribution in [2.24, 2.45) is 0 Å². The summed E-state index contributed by atoms with van der Waals surface area (Å²) in [6.45, 7) is 0.449. The van der Waals surface area contributed by atoms with E-state index < -0.39 is 6.04 Å². The lowest BCUT2D eigenvalue weighted by molar-refractivity contribution is -0.141. The van der Waals surface area contributed by atoms with Gasteiger partial charge in [0.05, 0.1) is 34.9 Å². The van der Waals surface area contributed by atoms with Crippen LogP contribution in [0.2, 0.25) is 0 Å². The molecule has 1 unspecified atom stereocenters. The number of amides is 2. The number of hydrogen-bond acceptors (Lipinski definition) is 6. The fraction of sp³-hybridized carbons (Fsp3) is 0.235. The van der Waals surface area contributed by atoms with Crippen LogP contribution >= 0.6 is 0 Å². The Balaban J connectivity index is 1.70. The molecule has 0 aromatic heterocycles. The van der Waals surface area contributed by atoms with Crippen LogP contribution in [-0.2, 0) is 29.1 Å². The molecular weight excluding hydrogens is 532 g/mol. The summed E-state index contributed by atoms with van der Waals surface area (Å²) in [5.41, 5.74) is 3.12. The molecule has 42 heavy (non-hydrogen) atoms. The molecule has 0 radical (unpaired) electrons. The molecule has 4 aromatic carbocycles. The Morgan fingerprint density at radius 1 is 0.690 bits per heavy atom. The Bertz CT molecular complexity index is 1470. The Morgan fingerprint density at radius 3 is 2.00 bits per heavy atom. The molecule has 0 aliphatic carbocycles. The second kappa shape index (κ2) is 14.6. The molecule has 218 valence electrons. The van der Waals surface area contributed by atoms with Gasteiger partial charge in [0, 0.05) is 18.7 Å². The zero-order valence-electron chi connectivity index (χ0n) is 24.3. The van der Waals surface area contributed by atoms with Crippen LogP contribution in [-0.4, -0.2) is 45.2 Å². The summed E-state index contributed by atoms with van der Waals surface area (Å²) in [4.78, 5) is 29.7. The number of para-hydroxylation sites is 1. The zero-order chi connectivity index (χ0) is 29.9. The molecule has 8 heteroatoms. The monoisotopic (exact) mass is 568 g/mol. The smallest absolute Gasteiger partial charge is 0.247 e. The van der Waals surface area contributed by atoms with E-state index in [0.29, 0.717) is 28.6 Å². The van der Waals surface area contributed by atoms with Gasteiger partial charge in [-0.25, -0.2) is 0 Å². The van der Waals surface area contributed by atoms with Crippen LogP contribution < -0.4 is 24.3 Å². The fourth-order valence-corrected chi connectivity index (χ4v) is 4.75. The zero-order valence-corrected chi connectivity index (χ0v) is 24.3. The summed E-state index contributed by atoms with van der Waals surface area (Å²) < 4.78 is 21.6. The maximum atomic E-state index is 14.1. The molecule has 0 bridgehead atoms. The van der Waals surface area contributed by atoms with Gasteiger partial charge in [0.2, 0.25) is 11.8 Å². The summed E-state index contributed by atoms with van der Waals surface area (Å²) >= 11 is 0. The minimum atomic E-state index is -0.893. The van der Waals surface area contributed by atoms with E-state index >= 15 is 0 Å². The molecule has 4 rings (SSSR count). The number of hydrogen-bond donors (Lipinski definition) is 1. The molecule has 0 heterocycles. The van der Waals surface area contributed by atoms with Crippen molar-refractivity contribution < 1.29 is 28.5 Å². The summed E-state index contributed by atoms with van der Waals surface area (Å²) in [5, 5.41) is 3.04. The molecule has 4 aromatic rings.